The minimum absolute atomic E-state index is 0.0157. The van der Waals surface area contributed by atoms with Crippen LogP contribution >= 0.6 is 0 Å². The van der Waals surface area contributed by atoms with E-state index in [4.69, 9.17) is 4.98 Å². The van der Waals surface area contributed by atoms with E-state index in [2.05, 4.69) is 32.9 Å². The molecule has 5 nitrogen and oxygen atoms in total. The topological polar surface area (TPSA) is 56.9 Å². The first-order valence-electron chi connectivity index (χ1n) is 11.4. The Labute approximate surface area is 198 Å². The molecule has 0 saturated carbocycles. The molecule has 5 aromatic rings. The van der Waals surface area contributed by atoms with E-state index < -0.39 is 0 Å². The van der Waals surface area contributed by atoms with Crippen molar-refractivity contribution in [3.8, 4) is 11.4 Å². The number of nitrogens with zero attached hydrogens (tertiary/aromatic N) is 3. The average molecular weight is 450 g/mol. The summed E-state index contributed by atoms with van der Waals surface area (Å²) in [5, 5.41) is 0.636. The summed E-state index contributed by atoms with van der Waals surface area (Å²) < 4.78 is 3.47. The lowest BCUT2D eigenvalue weighted by Crippen LogP contribution is -2.29. The van der Waals surface area contributed by atoms with Gasteiger partial charge in [0, 0.05) is 18.0 Å². The summed E-state index contributed by atoms with van der Waals surface area (Å²) in [6.07, 6.45) is 0. The van der Waals surface area contributed by atoms with Crippen LogP contribution in [0.4, 0.5) is 0 Å². The summed E-state index contributed by atoms with van der Waals surface area (Å²) in [6, 6.07) is 25.3. The molecule has 0 atom stereocenters. The largest absolute Gasteiger partial charge is 0.328 e. The molecule has 0 spiro atoms. The molecule has 2 heterocycles. The number of rotatable bonds is 3. The molecule has 0 saturated heterocycles. The normalized spacial score (nSPS) is 11.9. The van der Waals surface area contributed by atoms with Gasteiger partial charge in [-0.15, -0.1) is 0 Å². The van der Waals surface area contributed by atoms with Crippen LogP contribution in [0.3, 0.4) is 0 Å². The molecule has 0 aliphatic rings. The van der Waals surface area contributed by atoms with Crippen LogP contribution in [0.1, 0.15) is 31.9 Å². The van der Waals surface area contributed by atoms with Crippen molar-refractivity contribution in [3.63, 3.8) is 0 Å². The fraction of sp³-hybridized carbons (Fsp3) is 0.207. The molecule has 5 rings (SSSR count). The van der Waals surface area contributed by atoms with Gasteiger partial charge >= 0.3 is 0 Å². The molecule has 170 valence electrons. The van der Waals surface area contributed by atoms with Gasteiger partial charge in [0.2, 0.25) is 5.43 Å². The summed E-state index contributed by atoms with van der Waals surface area (Å²) in [5.74, 6) is 0.548. The molecule has 5 heteroatoms. The van der Waals surface area contributed by atoms with Gasteiger partial charge in [-0.2, -0.15) is 0 Å². The second kappa shape index (κ2) is 8.10. The van der Waals surface area contributed by atoms with E-state index in [1.165, 1.54) is 5.56 Å². The Balaban J connectivity index is 1.85. The van der Waals surface area contributed by atoms with Crippen molar-refractivity contribution < 1.29 is 0 Å². The number of aryl methyl sites for hydroxylation is 1. The summed E-state index contributed by atoms with van der Waals surface area (Å²) >= 11 is 0. The highest BCUT2D eigenvalue weighted by Gasteiger charge is 2.20. The molecule has 0 N–H and O–H groups in total. The first kappa shape index (κ1) is 21.8. The fourth-order valence-electron chi connectivity index (χ4n) is 4.44. The minimum atomic E-state index is -0.324. The Bertz CT molecular complexity index is 1640. The third kappa shape index (κ3) is 3.63. The lowest BCUT2D eigenvalue weighted by atomic mass is 9.86. The molecule has 0 bridgehead atoms. The number of fused-ring (bicyclic) bond motifs is 2. The van der Waals surface area contributed by atoms with Gasteiger partial charge in [-0.3, -0.25) is 14.2 Å². The fourth-order valence-corrected chi connectivity index (χ4v) is 4.44. The van der Waals surface area contributed by atoms with Crippen LogP contribution in [0, 0.1) is 0 Å². The number of para-hydroxylation sites is 1. The molecule has 0 fully saturated rings. The number of pyridine rings is 1. The van der Waals surface area contributed by atoms with Crippen LogP contribution in [-0.4, -0.2) is 14.1 Å². The zero-order valence-electron chi connectivity index (χ0n) is 19.9. The quantitative estimate of drug-likeness (QED) is 0.353. The van der Waals surface area contributed by atoms with Crippen LogP contribution in [0.15, 0.2) is 88.5 Å². The van der Waals surface area contributed by atoms with Crippen molar-refractivity contribution >= 4 is 21.9 Å². The standard InChI is InChI=1S/C29H27N3O2/c1-29(2,3)21-16-14-20(15-17-21)26-30-27-24(25(33)22-12-8-9-13-23(22)31(27)4)28(34)32(26)18-19-10-6-5-7-11-19/h5-17H,18H2,1-4H3. The van der Waals surface area contributed by atoms with Crippen molar-refractivity contribution in [1.82, 2.24) is 14.1 Å². The lowest BCUT2D eigenvalue weighted by Gasteiger charge is -2.20. The summed E-state index contributed by atoms with van der Waals surface area (Å²) in [4.78, 5) is 32.2. The van der Waals surface area contributed by atoms with Crippen LogP contribution in [0.25, 0.3) is 33.3 Å². The third-order valence-electron chi connectivity index (χ3n) is 6.40. The minimum Gasteiger partial charge on any atom is -0.328 e. The van der Waals surface area contributed by atoms with Gasteiger partial charge in [-0.05, 0) is 28.7 Å². The highest BCUT2D eigenvalue weighted by molar-refractivity contribution is 5.91. The van der Waals surface area contributed by atoms with Gasteiger partial charge in [0.05, 0.1) is 12.1 Å². The van der Waals surface area contributed by atoms with Crippen molar-refractivity contribution in [2.45, 2.75) is 32.7 Å². The van der Waals surface area contributed by atoms with Gasteiger partial charge in [0.25, 0.3) is 5.56 Å². The molecule has 0 aliphatic carbocycles. The van der Waals surface area contributed by atoms with Crippen molar-refractivity contribution in [1.29, 1.82) is 0 Å². The van der Waals surface area contributed by atoms with E-state index in [0.717, 1.165) is 16.6 Å². The third-order valence-corrected chi connectivity index (χ3v) is 6.40. The Hall–Kier alpha value is -3.99. The number of aromatic nitrogens is 3. The predicted molar refractivity (Wildman–Crippen MR) is 138 cm³/mol. The number of hydrogen-bond donors (Lipinski definition) is 0. The van der Waals surface area contributed by atoms with Crippen molar-refractivity contribution in [2.24, 2.45) is 7.05 Å². The Morgan fingerprint density at radius 3 is 2.15 bits per heavy atom. The van der Waals surface area contributed by atoms with E-state index in [-0.39, 0.29) is 21.8 Å². The van der Waals surface area contributed by atoms with Crippen LogP contribution < -0.4 is 11.0 Å². The maximum Gasteiger partial charge on any atom is 0.267 e. The van der Waals surface area contributed by atoms with E-state index in [9.17, 15) is 9.59 Å². The summed E-state index contributed by atoms with van der Waals surface area (Å²) in [5.41, 5.74) is 3.57. The molecule has 34 heavy (non-hydrogen) atoms. The maximum atomic E-state index is 13.9. The van der Waals surface area contributed by atoms with E-state index in [1.807, 2.05) is 72.3 Å². The van der Waals surface area contributed by atoms with E-state index in [1.54, 1.807) is 10.6 Å². The lowest BCUT2D eigenvalue weighted by molar-refractivity contribution is 0.590. The Morgan fingerprint density at radius 1 is 0.824 bits per heavy atom. The molecule has 0 radical (unpaired) electrons. The van der Waals surface area contributed by atoms with Crippen LogP contribution in [0.2, 0.25) is 0 Å². The molecule has 0 unspecified atom stereocenters. The van der Waals surface area contributed by atoms with Gasteiger partial charge < -0.3 is 4.57 Å². The highest BCUT2D eigenvalue weighted by atomic mass is 16.1. The monoisotopic (exact) mass is 449 g/mol. The highest BCUT2D eigenvalue weighted by Crippen LogP contribution is 2.26. The first-order valence-corrected chi connectivity index (χ1v) is 11.4. The maximum absolute atomic E-state index is 13.9. The van der Waals surface area contributed by atoms with E-state index >= 15 is 0 Å². The number of benzene rings is 3. The first-order chi connectivity index (χ1) is 16.3. The molecular formula is C29H27N3O2. The second-order valence-corrected chi connectivity index (χ2v) is 9.74. The molecular weight excluding hydrogens is 422 g/mol. The van der Waals surface area contributed by atoms with Crippen molar-refractivity contribution in [3.05, 3.63) is 111 Å². The van der Waals surface area contributed by atoms with Crippen molar-refractivity contribution in [2.75, 3.05) is 0 Å². The van der Waals surface area contributed by atoms with Gasteiger partial charge in [-0.25, -0.2) is 4.98 Å². The molecule has 0 amide bonds. The van der Waals surface area contributed by atoms with E-state index in [0.29, 0.717) is 23.4 Å². The SMILES string of the molecule is Cn1c2ccccc2c(=O)c2c(=O)n(Cc3ccccc3)c(-c3ccc(C(C)(C)C)cc3)nc21. The predicted octanol–water partition coefficient (Wildman–Crippen LogP) is 5.26. The van der Waals surface area contributed by atoms with Crippen LogP contribution in [0.5, 0.6) is 0 Å². The van der Waals surface area contributed by atoms with Gasteiger partial charge in [0.1, 0.15) is 11.2 Å². The Morgan fingerprint density at radius 2 is 1.47 bits per heavy atom. The van der Waals surface area contributed by atoms with Gasteiger partial charge in [-0.1, -0.05) is 87.5 Å². The van der Waals surface area contributed by atoms with Gasteiger partial charge in [0.15, 0.2) is 5.65 Å². The summed E-state index contributed by atoms with van der Waals surface area (Å²) in [6.45, 7) is 6.84. The Kier molecular flexibility index (Phi) is 5.20. The van der Waals surface area contributed by atoms with Crippen LogP contribution in [-0.2, 0) is 19.0 Å². The molecule has 2 aromatic heterocycles. The zero-order chi connectivity index (χ0) is 24.0. The molecule has 3 aromatic carbocycles. The number of hydrogen-bond acceptors (Lipinski definition) is 3. The average Bonchev–Trinajstić information content (AvgIpc) is 2.84. The smallest absolute Gasteiger partial charge is 0.267 e. The second-order valence-electron chi connectivity index (χ2n) is 9.74. The zero-order valence-corrected chi connectivity index (χ0v) is 19.9. The summed E-state index contributed by atoms with van der Waals surface area (Å²) in [7, 11) is 1.85. The molecule has 0 aliphatic heterocycles.